The molecule has 0 aromatic heterocycles. The first kappa shape index (κ1) is 23.9. The highest BCUT2D eigenvalue weighted by molar-refractivity contribution is 6.11. The monoisotopic (exact) mass is 474 g/mol. The number of rotatable bonds is 6. The number of carbonyl (C=O) groups excluding carboxylic acids is 4. The van der Waals surface area contributed by atoms with E-state index in [2.05, 4.69) is 0 Å². The molecule has 4 amide bonds. The summed E-state index contributed by atoms with van der Waals surface area (Å²) in [6.45, 7) is 4.47. The van der Waals surface area contributed by atoms with Crippen LogP contribution in [-0.4, -0.2) is 69.9 Å². The number of imide groups is 2. The van der Waals surface area contributed by atoms with Gasteiger partial charge in [-0.05, 0) is 65.2 Å². The first-order chi connectivity index (χ1) is 16.4. The molecule has 5 rings (SSSR count). The van der Waals surface area contributed by atoms with E-state index in [4.69, 9.17) is 9.47 Å². The van der Waals surface area contributed by atoms with E-state index in [0.717, 1.165) is 38.5 Å². The standard InChI is InChI=1S/C26H38N2O6/c1-3-33-25-15-9-7-11-17(25)21(29)27(23(25)31)19-13-5-6-14-20(19)28-22(30)18-12-8-10-16-26(18,24(28)32)34-4-2/h17-20H,3-16H2,1-2H3. The van der Waals surface area contributed by atoms with Crippen LogP contribution in [0.15, 0.2) is 0 Å². The van der Waals surface area contributed by atoms with Gasteiger partial charge in [0.1, 0.15) is 0 Å². The van der Waals surface area contributed by atoms with Crippen molar-refractivity contribution in [1.82, 2.24) is 9.80 Å². The van der Waals surface area contributed by atoms with Gasteiger partial charge in [-0.1, -0.05) is 25.7 Å². The molecule has 2 aliphatic heterocycles. The predicted octanol–water partition coefficient (Wildman–Crippen LogP) is 2.97. The number of carbonyl (C=O) groups is 4. The molecular weight excluding hydrogens is 436 g/mol. The molecular formula is C26H38N2O6. The van der Waals surface area contributed by atoms with E-state index in [1.54, 1.807) is 0 Å². The van der Waals surface area contributed by atoms with E-state index in [1.807, 2.05) is 13.8 Å². The second-order valence-electron chi connectivity index (χ2n) is 10.7. The topological polar surface area (TPSA) is 93.2 Å². The normalized spacial score (nSPS) is 40.6. The summed E-state index contributed by atoms with van der Waals surface area (Å²) in [5.74, 6) is -1.77. The molecule has 0 aromatic rings. The van der Waals surface area contributed by atoms with Gasteiger partial charge in [0.05, 0.1) is 23.9 Å². The smallest absolute Gasteiger partial charge is 0.262 e. The van der Waals surface area contributed by atoms with Crippen LogP contribution < -0.4 is 0 Å². The molecule has 5 aliphatic rings. The van der Waals surface area contributed by atoms with Crippen molar-refractivity contribution < 1.29 is 28.7 Å². The van der Waals surface area contributed by atoms with Crippen LogP contribution in [0.3, 0.4) is 0 Å². The minimum absolute atomic E-state index is 0.175. The predicted molar refractivity (Wildman–Crippen MR) is 122 cm³/mol. The van der Waals surface area contributed by atoms with Crippen LogP contribution in [0.4, 0.5) is 0 Å². The first-order valence-corrected chi connectivity index (χ1v) is 13.5. The van der Waals surface area contributed by atoms with Gasteiger partial charge in [-0.3, -0.25) is 29.0 Å². The Morgan fingerprint density at radius 2 is 1.03 bits per heavy atom. The van der Waals surface area contributed by atoms with E-state index in [0.29, 0.717) is 51.7 Å². The van der Waals surface area contributed by atoms with Gasteiger partial charge < -0.3 is 9.47 Å². The number of amides is 4. The van der Waals surface area contributed by atoms with E-state index in [9.17, 15) is 19.2 Å². The lowest BCUT2D eigenvalue weighted by molar-refractivity contribution is -0.163. The molecule has 2 heterocycles. The molecule has 8 nitrogen and oxygen atoms in total. The van der Waals surface area contributed by atoms with Gasteiger partial charge in [0.15, 0.2) is 11.2 Å². The summed E-state index contributed by atoms with van der Waals surface area (Å²) in [7, 11) is 0. The number of ether oxygens (including phenoxy) is 2. The van der Waals surface area contributed by atoms with Gasteiger partial charge in [-0.25, -0.2) is 0 Å². The maximum Gasteiger partial charge on any atom is 0.262 e. The highest BCUT2D eigenvalue weighted by atomic mass is 16.5. The molecule has 188 valence electrons. The molecule has 3 aliphatic carbocycles. The molecule has 0 bridgehead atoms. The lowest BCUT2D eigenvalue weighted by Gasteiger charge is -2.41. The maximum atomic E-state index is 13.9. The van der Waals surface area contributed by atoms with Gasteiger partial charge in [0.25, 0.3) is 11.8 Å². The summed E-state index contributed by atoms with van der Waals surface area (Å²) in [6.07, 6.45) is 8.89. The third kappa shape index (κ3) is 3.24. The molecule has 2 saturated heterocycles. The molecule has 0 spiro atoms. The average molecular weight is 475 g/mol. The molecule has 6 unspecified atom stereocenters. The van der Waals surface area contributed by atoms with Crippen molar-refractivity contribution >= 4 is 23.6 Å². The Morgan fingerprint density at radius 1 is 0.647 bits per heavy atom. The van der Waals surface area contributed by atoms with Crippen LogP contribution in [0.25, 0.3) is 0 Å². The van der Waals surface area contributed by atoms with Crippen LogP contribution in [0, 0.1) is 11.8 Å². The summed E-state index contributed by atoms with van der Waals surface area (Å²) < 4.78 is 12.1. The number of likely N-dealkylation sites (tertiary alicyclic amines) is 2. The van der Waals surface area contributed by atoms with Crippen LogP contribution in [0.2, 0.25) is 0 Å². The van der Waals surface area contributed by atoms with Crippen LogP contribution in [0.1, 0.15) is 90.9 Å². The molecule has 34 heavy (non-hydrogen) atoms. The molecule has 3 saturated carbocycles. The number of nitrogens with zero attached hydrogens (tertiary/aromatic N) is 2. The Labute approximate surface area is 201 Å². The first-order valence-electron chi connectivity index (χ1n) is 13.5. The average Bonchev–Trinajstić information content (AvgIpc) is 3.19. The highest BCUT2D eigenvalue weighted by Crippen LogP contribution is 2.49. The fraction of sp³-hybridized carbons (Fsp3) is 0.846. The molecule has 5 fully saturated rings. The van der Waals surface area contributed by atoms with Crippen molar-refractivity contribution in [3.8, 4) is 0 Å². The Hall–Kier alpha value is -1.80. The van der Waals surface area contributed by atoms with Gasteiger partial charge in [0.2, 0.25) is 11.8 Å². The molecule has 6 atom stereocenters. The zero-order chi connectivity index (χ0) is 24.1. The fourth-order valence-electron chi connectivity index (χ4n) is 7.69. The minimum atomic E-state index is -1.08. The van der Waals surface area contributed by atoms with Crippen LogP contribution in [0.5, 0.6) is 0 Å². The summed E-state index contributed by atoms with van der Waals surface area (Å²) >= 11 is 0. The largest absolute Gasteiger partial charge is 0.365 e. The third-order valence-electron chi connectivity index (χ3n) is 9.10. The van der Waals surface area contributed by atoms with Gasteiger partial charge in [-0.2, -0.15) is 0 Å². The summed E-state index contributed by atoms with van der Waals surface area (Å²) in [5.41, 5.74) is -2.16. The van der Waals surface area contributed by atoms with Crippen molar-refractivity contribution in [3.63, 3.8) is 0 Å². The SMILES string of the molecule is CCOC12CCCCC1C(=O)N(C1CCCCC1N1C(=O)C3CCCCC3(OCC)C1=O)C2=O. The van der Waals surface area contributed by atoms with E-state index < -0.39 is 35.1 Å². The third-order valence-corrected chi connectivity index (χ3v) is 9.10. The fourth-order valence-corrected chi connectivity index (χ4v) is 7.69. The van der Waals surface area contributed by atoms with E-state index in [-0.39, 0.29) is 23.6 Å². The second-order valence-corrected chi connectivity index (χ2v) is 10.7. The van der Waals surface area contributed by atoms with Crippen molar-refractivity contribution in [1.29, 1.82) is 0 Å². The summed E-state index contributed by atoms with van der Waals surface area (Å²) in [6, 6.07) is -0.966. The van der Waals surface area contributed by atoms with E-state index in [1.165, 1.54) is 9.80 Å². The van der Waals surface area contributed by atoms with Crippen molar-refractivity contribution in [3.05, 3.63) is 0 Å². The van der Waals surface area contributed by atoms with Crippen LogP contribution in [-0.2, 0) is 28.7 Å². The van der Waals surface area contributed by atoms with Gasteiger partial charge in [-0.15, -0.1) is 0 Å². The van der Waals surface area contributed by atoms with Gasteiger partial charge in [0, 0.05) is 13.2 Å². The zero-order valence-corrected chi connectivity index (χ0v) is 20.6. The van der Waals surface area contributed by atoms with E-state index >= 15 is 0 Å². The highest BCUT2D eigenvalue weighted by Gasteiger charge is 2.66. The zero-order valence-electron chi connectivity index (χ0n) is 20.6. The Balaban J connectivity index is 1.50. The quantitative estimate of drug-likeness (QED) is 0.550. The van der Waals surface area contributed by atoms with Gasteiger partial charge >= 0.3 is 0 Å². The lowest BCUT2D eigenvalue weighted by atomic mass is 9.77. The molecule has 0 aromatic carbocycles. The summed E-state index contributed by atoms with van der Waals surface area (Å²) in [5, 5.41) is 0. The molecule has 0 N–H and O–H groups in total. The van der Waals surface area contributed by atoms with Crippen LogP contribution >= 0.6 is 0 Å². The Morgan fingerprint density at radius 3 is 1.41 bits per heavy atom. The second kappa shape index (κ2) is 9.01. The number of hydrogen-bond acceptors (Lipinski definition) is 6. The number of hydrogen-bond donors (Lipinski definition) is 0. The maximum absolute atomic E-state index is 13.9. The molecule has 8 heteroatoms. The van der Waals surface area contributed by atoms with Crippen molar-refractivity contribution in [2.45, 2.75) is 114 Å². The summed E-state index contributed by atoms with van der Waals surface area (Å²) in [4.78, 5) is 57.9. The number of fused-ring (bicyclic) bond motifs is 2. The molecule has 0 radical (unpaired) electrons. The Kier molecular flexibility index (Phi) is 6.34. The minimum Gasteiger partial charge on any atom is -0.365 e. The Bertz CT molecular complexity index is 797. The van der Waals surface area contributed by atoms with Crippen molar-refractivity contribution in [2.24, 2.45) is 11.8 Å². The lowest BCUT2D eigenvalue weighted by Crippen LogP contribution is -2.59. The van der Waals surface area contributed by atoms with Crippen molar-refractivity contribution in [2.75, 3.05) is 13.2 Å².